The highest BCUT2D eigenvalue weighted by Gasteiger charge is 2.27. The molecule has 53 valence electrons. The van der Waals surface area contributed by atoms with Gasteiger partial charge in [-0.1, -0.05) is 6.08 Å². The molecule has 0 aromatic heterocycles. The summed E-state index contributed by atoms with van der Waals surface area (Å²) in [6.45, 7) is 1.02. The third kappa shape index (κ3) is 0.948. The Kier molecular flexibility index (Phi) is 1.47. The number of rotatable bonds is 1. The van der Waals surface area contributed by atoms with E-state index in [4.69, 9.17) is 4.74 Å². The van der Waals surface area contributed by atoms with Gasteiger partial charge in [0.05, 0.1) is 12.3 Å². The van der Waals surface area contributed by atoms with Crippen LogP contribution in [-0.4, -0.2) is 18.7 Å². The molecule has 0 spiro atoms. The molecule has 2 nitrogen and oxygen atoms in total. The molecule has 1 fully saturated rings. The molecule has 0 aliphatic carbocycles. The van der Waals surface area contributed by atoms with Gasteiger partial charge in [0.15, 0.2) is 0 Å². The van der Waals surface area contributed by atoms with E-state index < -0.39 is 0 Å². The average Bonchev–Trinajstić information content (AvgIpc) is 1.86. The molecule has 0 aromatic rings. The lowest BCUT2D eigenvalue weighted by molar-refractivity contribution is 0.108. The molecule has 2 heteroatoms. The number of nitrogens with zero attached hydrogens (tertiary/aromatic N) is 1. The van der Waals surface area contributed by atoms with Gasteiger partial charge >= 0.3 is 0 Å². The highest BCUT2D eigenvalue weighted by Crippen LogP contribution is 2.16. The van der Waals surface area contributed by atoms with Crippen molar-refractivity contribution in [3.8, 4) is 0 Å². The molecule has 2 unspecified atom stereocenters. The summed E-state index contributed by atoms with van der Waals surface area (Å²) in [5.41, 5.74) is 0. The quantitative estimate of drug-likeness (QED) is 0.523. The van der Waals surface area contributed by atoms with Crippen LogP contribution in [0.4, 0.5) is 0 Å². The summed E-state index contributed by atoms with van der Waals surface area (Å²) in [6.07, 6.45) is 9.12. The maximum absolute atomic E-state index is 5.32. The SMILES string of the molecule is C1=COC(C2CC[N]2)C=C1. The van der Waals surface area contributed by atoms with Crippen molar-refractivity contribution in [1.29, 1.82) is 0 Å². The predicted molar refractivity (Wildman–Crippen MR) is 38.6 cm³/mol. The summed E-state index contributed by atoms with van der Waals surface area (Å²) < 4.78 is 5.32. The maximum Gasteiger partial charge on any atom is 0.133 e. The lowest BCUT2D eigenvalue weighted by atomic mass is 10.00. The minimum atomic E-state index is 0.221. The minimum Gasteiger partial charge on any atom is -0.492 e. The summed E-state index contributed by atoms with van der Waals surface area (Å²) in [5, 5.41) is 4.28. The van der Waals surface area contributed by atoms with Gasteiger partial charge in [-0.15, -0.1) is 0 Å². The minimum absolute atomic E-state index is 0.221. The van der Waals surface area contributed by atoms with E-state index in [1.165, 1.54) is 6.42 Å². The van der Waals surface area contributed by atoms with Crippen LogP contribution >= 0.6 is 0 Å². The van der Waals surface area contributed by atoms with Crippen LogP contribution in [-0.2, 0) is 4.74 Å². The molecule has 2 atom stereocenters. The summed E-state index contributed by atoms with van der Waals surface area (Å²) in [4.78, 5) is 0. The van der Waals surface area contributed by atoms with Crippen LogP contribution in [0.3, 0.4) is 0 Å². The van der Waals surface area contributed by atoms with Gasteiger partial charge in [-0.05, 0) is 18.6 Å². The number of hydrogen-bond donors (Lipinski definition) is 0. The molecule has 0 amide bonds. The van der Waals surface area contributed by atoms with E-state index in [2.05, 4.69) is 11.4 Å². The Morgan fingerprint density at radius 2 is 2.30 bits per heavy atom. The molecule has 0 bridgehead atoms. The average molecular weight is 136 g/mol. The van der Waals surface area contributed by atoms with Crippen molar-refractivity contribution in [2.24, 2.45) is 0 Å². The van der Waals surface area contributed by atoms with E-state index in [1.54, 1.807) is 6.26 Å². The molecule has 10 heavy (non-hydrogen) atoms. The highest BCUT2D eigenvalue weighted by molar-refractivity contribution is 5.11. The number of ether oxygens (including phenoxy) is 1. The fourth-order valence-corrected chi connectivity index (χ4v) is 1.17. The lowest BCUT2D eigenvalue weighted by Gasteiger charge is -2.31. The molecular weight excluding hydrogens is 126 g/mol. The maximum atomic E-state index is 5.32. The van der Waals surface area contributed by atoms with Gasteiger partial charge in [-0.2, -0.15) is 0 Å². The third-order valence-electron chi connectivity index (χ3n) is 1.89. The van der Waals surface area contributed by atoms with Gasteiger partial charge in [0.2, 0.25) is 0 Å². The molecule has 1 saturated heterocycles. The molecule has 1 radical (unpaired) electrons. The third-order valence-corrected chi connectivity index (χ3v) is 1.89. The Balaban J connectivity index is 1.92. The summed E-state index contributed by atoms with van der Waals surface area (Å²) in [5.74, 6) is 0. The first-order valence-electron chi connectivity index (χ1n) is 3.62. The van der Waals surface area contributed by atoms with Crippen LogP contribution in [0.2, 0.25) is 0 Å². The van der Waals surface area contributed by atoms with E-state index in [0.717, 1.165) is 6.54 Å². The summed E-state index contributed by atoms with van der Waals surface area (Å²) in [7, 11) is 0. The zero-order chi connectivity index (χ0) is 6.81. The van der Waals surface area contributed by atoms with Gasteiger partial charge in [0.1, 0.15) is 6.10 Å². The van der Waals surface area contributed by atoms with Gasteiger partial charge < -0.3 is 4.74 Å². The Morgan fingerprint density at radius 1 is 1.40 bits per heavy atom. The monoisotopic (exact) mass is 136 g/mol. The molecule has 0 aromatic carbocycles. The smallest absolute Gasteiger partial charge is 0.133 e. The van der Waals surface area contributed by atoms with Crippen LogP contribution in [0, 0.1) is 0 Å². The standard InChI is InChI=1S/C8H10NO/c1-2-6-10-8(3-1)7-4-5-9-7/h1-3,6-8H,4-5H2. The van der Waals surface area contributed by atoms with Crippen LogP contribution in [0.5, 0.6) is 0 Å². The lowest BCUT2D eigenvalue weighted by Crippen LogP contribution is -2.45. The first-order valence-corrected chi connectivity index (χ1v) is 3.62. The van der Waals surface area contributed by atoms with Gasteiger partial charge in [0, 0.05) is 6.54 Å². The number of allylic oxidation sites excluding steroid dienone is 2. The number of hydrogen-bond acceptors (Lipinski definition) is 1. The summed E-state index contributed by atoms with van der Waals surface area (Å²) >= 11 is 0. The predicted octanol–water partition coefficient (Wildman–Crippen LogP) is 0.832. The van der Waals surface area contributed by atoms with Crippen molar-refractivity contribution in [2.45, 2.75) is 18.6 Å². The van der Waals surface area contributed by atoms with Gasteiger partial charge in [-0.25, -0.2) is 5.32 Å². The van der Waals surface area contributed by atoms with Crippen molar-refractivity contribution in [3.05, 3.63) is 24.5 Å². The van der Waals surface area contributed by atoms with Crippen LogP contribution in [0.1, 0.15) is 6.42 Å². The molecule has 0 N–H and O–H groups in total. The Hall–Kier alpha value is -0.760. The van der Waals surface area contributed by atoms with Crippen molar-refractivity contribution >= 4 is 0 Å². The Bertz CT molecular complexity index is 170. The Labute approximate surface area is 60.6 Å². The van der Waals surface area contributed by atoms with E-state index in [0.29, 0.717) is 6.04 Å². The fraction of sp³-hybridized carbons (Fsp3) is 0.500. The van der Waals surface area contributed by atoms with Crippen molar-refractivity contribution in [1.82, 2.24) is 5.32 Å². The molecule has 2 heterocycles. The molecular formula is C8H10NO. The van der Waals surface area contributed by atoms with Crippen LogP contribution in [0.25, 0.3) is 0 Å². The molecule has 2 aliphatic heterocycles. The fourth-order valence-electron chi connectivity index (χ4n) is 1.17. The zero-order valence-corrected chi connectivity index (χ0v) is 5.73. The van der Waals surface area contributed by atoms with E-state index in [1.807, 2.05) is 12.2 Å². The second kappa shape index (κ2) is 2.46. The first kappa shape index (κ1) is 5.98. The molecule has 2 aliphatic rings. The first-order chi connectivity index (χ1) is 4.97. The van der Waals surface area contributed by atoms with E-state index >= 15 is 0 Å². The molecule has 0 saturated carbocycles. The second-order valence-electron chi connectivity index (χ2n) is 2.58. The highest BCUT2D eigenvalue weighted by atomic mass is 16.5. The van der Waals surface area contributed by atoms with E-state index in [9.17, 15) is 0 Å². The van der Waals surface area contributed by atoms with Gasteiger partial charge in [-0.3, -0.25) is 0 Å². The molecule has 2 rings (SSSR count). The van der Waals surface area contributed by atoms with Crippen molar-refractivity contribution in [2.75, 3.05) is 6.54 Å². The van der Waals surface area contributed by atoms with Gasteiger partial charge in [0.25, 0.3) is 0 Å². The normalized spacial score (nSPS) is 36.8. The van der Waals surface area contributed by atoms with Crippen LogP contribution in [0.15, 0.2) is 24.5 Å². The van der Waals surface area contributed by atoms with Crippen molar-refractivity contribution < 1.29 is 4.74 Å². The van der Waals surface area contributed by atoms with Crippen molar-refractivity contribution in [3.63, 3.8) is 0 Å². The van der Waals surface area contributed by atoms with Crippen LogP contribution < -0.4 is 5.32 Å². The summed E-state index contributed by atoms with van der Waals surface area (Å²) in [6, 6.07) is 0.432. The largest absolute Gasteiger partial charge is 0.492 e. The van der Waals surface area contributed by atoms with E-state index in [-0.39, 0.29) is 6.10 Å². The zero-order valence-electron chi connectivity index (χ0n) is 5.73. The Morgan fingerprint density at radius 3 is 2.80 bits per heavy atom. The second-order valence-corrected chi connectivity index (χ2v) is 2.58. The topological polar surface area (TPSA) is 23.3 Å².